The van der Waals surface area contributed by atoms with Crippen LogP contribution in [0.2, 0.25) is 10.0 Å². The number of nitrogens with one attached hydrogen (secondary N) is 1. The second kappa shape index (κ2) is 11.5. The molecule has 1 N–H and O–H groups in total. The van der Waals surface area contributed by atoms with E-state index in [1.165, 1.54) is 0 Å². The second-order valence-electron chi connectivity index (χ2n) is 5.74. The van der Waals surface area contributed by atoms with Crippen LogP contribution in [0.4, 0.5) is 0 Å². The maximum Gasteiger partial charge on any atom is 0.240 e. The van der Waals surface area contributed by atoms with Crippen molar-refractivity contribution in [3.63, 3.8) is 0 Å². The van der Waals surface area contributed by atoms with E-state index in [4.69, 9.17) is 32.7 Å². The Morgan fingerprint density at radius 1 is 1.11 bits per heavy atom. The maximum atomic E-state index is 11.8. The van der Waals surface area contributed by atoms with Gasteiger partial charge in [0.2, 0.25) is 5.91 Å². The quantitative estimate of drug-likeness (QED) is 0.338. The zero-order valence-electron chi connectivity index (χ0n) is 15.1. The molecule has 2 rings (SSSR count). The summed E-state index contributed by atoms with van der Waals surface area (Å²) in [5.74, 6) is 1.18. The van der Waals surface area contributed by atoms with Gasteiger partial charge in [0, 0.05) is 11.4 Å². The van der Waals surface area contributed by atoms with Crippen molar-refractivity contribution >= 4 is 35.3 Å². The molecule has 0 spiro atoms. The number of hydrogen-bond donors (Lipinski definition) is 1. The van der Waals surface area contributed by atoms with Gasteiger partial charge in [-0.25, -0.2) is 5.43 Å². The van der Waals surface area contributed by atoms with Crippen LogP contribution in [0, 0.1) is 0 Å². The van der Waals surface area contributed by atoms with Gasteiger partial charge in [-0.05, 0) is 60.9 Å². The minimum Gasteiger partial charge on any atom is -0.494 e. The molecule has 0 bridgehead atoms. The molecule has 5 nitrogen and oxygen atoms in total. The van der Waals surface area contributed by atoms with E-state index in [9.17, 15) is 4.79 Å². The highest BCUT2D eigenvalue weighted by Crippen LogP contribution is 2.27. The molecule has 27 heavy (non-hydrogen) atoms. The summed E-state index contributed by atoms with van der Waals surface area (Å²) in [5.41, 5.74) is 3.37. The number of halogens is 2. The van der Waals surface area contributed by atoms with Crippen molar-refractivity contribution < 1.29 is 14.3 Å². The third-order valence-electron chi connectivity index (χ3n) is 3.46. The van der Waals surface area contributed by atoms with Gasteiger partial charge in [0.15, 0.2) is 0 Å². The van der Waals surface area contributed by atoms with E-state index in [1.54, 1.807) is 24.4 Å². The van der Waals surface area contributed by atoms with E-state index in [1.807, 2.05) is 24.3 Å². The molecule has 0 fully saturated rings. The van der Waals surface area contributed by atoms with Crippen LogP contribution >= 0.6 is 23.2 Å². The molecule has 0 atom stereocenters. The molecule has 0 radical (unpaired) electrons. The first kappa shape index (κ1) is 21.1. The Bertz CT molecular complexity index is 764. The fourth-order valence-electron chi connectivity index (χ4n) is 2.11. The van der Waals surface area contributed by atoms with E-state index < -0.39 is 0 Å². The number of carbonyl (C=O) groups excluding carboxylic acids is 1. The highest BCUT2D eigenvalue weighted by molar-refractivity contribution is 6.35. The lowest BCUT2D eigenvalue weighted by atomic mass is 10.2. The second-order valence-corrected chi connectivity index (χ2v) is 6.58. The Hall–Kier alpha value is -2.24. The Morgan fingerprint density at radius 3 is 2.59 bits per heavy atom. The first-order valence-electron chi connectivity index (χ1n) is 8.71. The lowest BCUT2D eigenvalue weighted by Crippen LogP contribution is -2.18. The lowest BCUT2D eigenvalue weighted by molar-refractivity contribution is -0.121. The van der Waals surface area contributed by atoms with Crippen LogP contribution in [0.5, 0.6) is 11.5 Å². The van der Waals surface area contributed by atoms with Gasteiger partial charge in [-0.1, -0.05) is 30.1 Å². The van der Waals surface area contributed by atoms with E-state index >= 15 is 0 Å². The summed E-state index contributed by atoms with van der Waals surface area (Å²) in [7, 11) is 0. The van der Waals surface area contributed by atoms with Gasteiger partial charge in [-0.15, -0.1) is 0 Å². The maximum absolute atomic E-state index is 11.8. The number of benzene rings is 2. The summed E-state index contributed by atoms with van der Waals surface area (Å²) >= 11 is 11.8. The van der Waals surface area contributed by atoms with Gasteiger partial charge in [0.1, 0.15) is 11.5 Å². The van der Waals surface area contributed by atoms with Crippen LogP contribution in [0.1, 0.15) is 31.7 Å². The molecule has 2 aromatic carbocycles. The molecule has 0 saturated carbocycles. The van der Waals surface area contributed by atoms with Gasteiger partial charge in [0.25, 0.3) is 0 Å². The molecule has 1 amide bonds. The fourth-order valence-corrected chi connectivity index (χ4v) is 2.57. The third kappa shape index (κ3) is 7.89. The average Bonchev–Trinajstić information content (AvgIpc) is 2.66. The Labute approximate surface area is 169 Å². The van der Waals surface area contributed by atoms with E-state index in [0.717, 1.165) is 17.7 Å². The first-order chi connectivity index (χ1) is 13.1. The minimum atomic E-state index is -0.181. The van der Waals surface area contributed by atoms with Crippen molar-refractivity contribution in [2.24, 2.45) is 5.10 Å². The number of carbonyl (C=O) groups is 1. The fraction of sp³-hybridized carbons (Fsp3) is 0.300. The van der Waals surface area contributed by atoms with Crippen molar-refractivity contribution in [1.29, 1.82) is 0 Å². The number of hydrogen-bond acceptors (Lipinski definition) is 4. The molecule has 144 valence electrons. The predicted molar refractivity (Wildman–Crippen MR) is 109 cm³/mol. The average molecular weight is 409 g/mol. The van der Waals surface area contributed by atoms with Crippen molar-refractivity contribution in [2.45, 2.75) is 26.2 Å². The lowest BCUT2D eigenvalue weighted by Gasteiger charge is -2.07. The van der Waals surface area contributed by atoms with Crippen LogP contribution < -0.4 is 14.9 Å². The molecule has 0 unspecified atom stereocenters. The molecular formula is C20H22Cl2N2O3. The van der Waals surface area contributed by atoms with Gasteiger partial charge in [-0.3, -0.25) is 4.79 Å². The number of ether oxygens (including phenoxy) is 2. The van der Waals surface area contributed by atoms with Crippen LogP contribution in [-0.4, -0.2) is 25.3 Å². The van der Waals surface area contributed by atoms with Crippen molar-refractivity contribution in [3.8, 4) is 11.5 Å². The van der Waals surface area contributed by atoms with Crippen LogP contribution in [0.15, 0.2) is 47.6 Å². The third-order valence-corrected chi connectivity index (χ3v) is 3.99. The summed E-state index contributed by atoms with van der Waals surface area (Å²) < 4.78 is 11.0. The summed E-state index contributed by atoms with van der Waals surface area (Å²) in [6.07, 6.45) is 3.40. The molecule has 7 heteroatoms. The van der Waals surface area contributed by atoms with Crippen LogP contribution in [-0.2, 0) is 4.79 Å². The zero-order chi connectivity index (χ0) is 19.5. The van der Waals surface area contributed by atoms with E-state index in [2.05, 4.69) is 17.5 Å². The topological polar surface area (TPSA) is 59.9 Å². The van der Waals surface area contributed by atoms with Gasteiger partial charge >= 0.3 is 0 Å². The largest absolute Gasteiger partial charge is 0.494 e. The molecule has 0 aromatic heterocycles. The standard InChI is InChI=1S/C20H22Cl2N2O3/c1-2-11-26-17-8-5-15(6-9-17)14-23-24-20(25)4-3-12-27-19-10-7-16(21)13-18(19)22/h5-10,13-14H,2-4,11-12H2,1H3,(H,24,25)/b23-14+. The highest BCUT2D eigenvalue weighted by Gasteiger charge is 2.04. The van der Waals surface area contributed by atoms with Gasteiger partial charge < -0.3 is 9.47 Å². The summed E-state index contributed by atoms with van der Waals surface area (Å²) in [4.78, 5) is 11.8. The molecule has 0 aliphatic carbocycles. The molecule has 0 heterocycles. The molecular weight excluding hydrogens is 387 g/mol. The van der Waals surface area contributed by atoms with Crippen LogP contribution in [0.3, 0.4) is 0 Å². The zero-order valence-corrected chi connectivity index (χ0v) is 16.6. The smallest absolute Gasteiger partial charge is 0.240 e. The first-order valence-corrected chi connectivity index (χ1v) is 9.46. The SMILES string of the molecule is CCCOc1ccc(/C=N/NC(=O)CCCOc2ccc(Cl)cc2Cl)cc1. The van der Waals surface area contributed by atoms with Crippen molar-refractivity contribution in [3.05, 3.63) is 58.1 Å². The molecule has 0 aliphatic heterocycles. The molecule has 0 aliphatic rings. The summed E-state index contributed by atoms with van der Waals surface area (Å²) in [5, 5.41) is 4.95. The van der Waals surface area contributed by atoms with Crippen molar-refractivity contribution in [2.75, 3.05) is 13.2 Å². The number of amides is 1. The highest BCUT2D eigenvalue weighted by atomic mass is 35.5. The number of nitrogens with zero attached hydrogens (tertiary/aromatic N) is 1. The predicted octanol–water partition coefficient (Wildman–Crippen LogP) is 5.09. The normalized spacial score (nSPS) is 10.8. The minimum absolute atomic E-state index is 0.181. The van der Waals surface area contributed by atoms with E-state index in [0.29, 0.717) is 41.9 Å². The summed E-state index contributed by atoms with van der Waals surface area (Å²) in [6.45, 7) is 3.12. The summed E-state index contributed by atoms with van der Waals surface area (Å²) in [6, 6.07) is 12.5. The van der Waals surface area contributed by atoms with Gasteiger partial charge in [-0.2, -0.15) is 5.10 Å². The Morgan fingerprint density at radius 2 is 1.89 bits per heavy atom. The monoisotopic (exact) mass is 408 g/mol. The Balaban J connectivity index is 1.66. The van der Waals surface area contributed by atoms with Gasteiger partial charge in [0.05, 0.1) is 24.5 Å². The molecule has 2 aromatic rings. The number of hydrazone groups is 1. The molecule has 0 saturated heterocycles. The number of rotatable bonds is 10. The Kier molecular flexibility index (Phi) is 8.95. The van der Waals surface area contributed by atoms with Crippen molar-refractivity contribution in [1.82, 2.24) is 5.43 Å². The van der Waals surface area contributed by atoms with E-state index in [-0.39, 0.29) is 5.91 Å². The van der Waals surface area contributed by atoms with Crippen LogP contribution in [0.25, 0.3) is 0 Å².